The second-order valence-corrected chi connectivity index (χ2v) is 6.19. The van der Waals surface area contributed by atoms with Crippen LogP contribution in [0.15, 0.2) is 23.8 Å². The Bertz CT molecular complexity index is 483. The predicted molar refractivity (Wildman–Crippen MR) is 82.0 cm³/mol. The highest BCUT2D eigenvalue weighted by molar-refractivity contribution is 5.46. The molecule has 2 rings (SSSR count). The third kappa shape index (κ3) is 3.40. The van der Waals surface area contributed by atoms with Crippen molar-refractivity contribution in [1.29, 1.82) is 0 Å². The Balaban J connectivity index is 2.39. The molecular formula is C18H26O. The third-order valence-electron chi connectivity index (χ3n) is 3.84. The minimum absolute atomic E-state index is 0.236. The normalized spacial score (nSPS) is 19.5. The first-order valence-electron chi connectivity index (χ1n) is 7.40. The van der Waals surface area contributed by atoms with Gasteiger partial charge in [0.2, 0.25) is 0 Å². The molecule has 1 aliphatic rings. The number of aryl methyl sites for hydroxylation is 2. The molecule has 0 fully saturated rings. The average Bonchev–Trinajstić information content (AvgIpc) is 2.26. The number of rotatable bonds is 3. The summed E-state index contributed by atoms with van der Waals surface area (Å²) in [4.78, 5) is 0. The molecule has 104 valence electrons. The maximum absolute atomic E-state index is 6.08. The topological polar surface area (TPSA) is 9.23 Å². The van der Waals surface area contributed by atoms with Gasteiger partial charge in [-0.2, -0.15) is 0 Å². The molecule has 0 N–H and O–H groups in total. The van der Waals surface area contributed by atoms with Gasteiger partial charge in [-0.05, 0) is 77.0 Å². The van der Waals surface area contributed by atoms with E-state index in [1.54, 1.807) is 0 Å². The maximum Gasteiger partial charge on any atom is 0.123 e. The molecule has 0 spiro atoms. The van der Waals surface area contributed by atoms with Gasteiger partial charge in [-0.25, -0.2) is 0 Å². The summed E-state index contributed by atoms with van der Waals surface area (Å²) in [5.74, 6) is 1.73. The Hall–Kier alpha value is -1.24. The maximum atomic E-state index is 6.08. The van der Waals surface area contributed by atoms with Gasteiger partial charge in [0, 0.05) is 5.56 Å². The molecular weight excluding hydrogens is 232 g/mol. The molecule has 1 unspecified atom stereocenters. The van der Waals surface area contributed by atoms with E-state index in [0.29, 0.717) is 5.92 Å². The average molecular weight is 258 g/mol. The van der Waals surface area contributed by atoms with E-state index in [0.717, 1.165) is 5.75 Å². The summed E-state index contributed by atoms with van der Waals surface area (Å²) in [6, 6.07) is 4.49. The fourth-order valence-corrected chi connectivity index (χ4v) is 3.17. The summed E-state index contributed by atoms with van der Waals surface area (Å²) < 4.78 is 6.08. The number of hydrogen-bond acceptors (Lipinski definition) is 1. The lowest BCUT2D eigenvalue weighted by Crippen LogP contribution is -2.12. The zero-order valence-electron chi connectivity index (χ0n) is 12.9. The molecule has 1 heteroatoms. The third-order valence-corrected chi connectivity index (χ3v) is 3.84. The van der Waals surface area contributed by atoms with Gasteiger partial charge in [-0.3, -0.25) is 0 Å². The largest absolute Gasteiger partial charge is 0.491 e. The van der Waals surface area contributed by atoms with E-state index >= 15 is 0 Å². The highest BCUT2D eigenvalue weighted by Crippen LogP contribution is 2.40. The molecule has 0 saturated carbocycles. The van der Waals surface area contributed by atoms with E-state index in [9.17, 15) is 0 Å². The second kappa shape index (κ2) is 5.81. The molecule has 0 bridgehead atoms. The highest BCUT2D eigenvalue weighted by atomic mass is 16.5. The standard InChI is InChI=1S/C18H26O/c1-12(2)19-17-11-14(4)9-15(5)18(17)16-8-6-7-13(3)10-16/h7,9,11-12,16H,6,8,10H2,1-5H3. The van der Waals surface area contributed by atoms with E-state index in [1.165, 1.54) is 41.5 Å². The monoisotopic (exact) mass is 258 g/mol. The van der Waals surface area contributed by atoms with E-state index in [2.05, 4.69) is 52.8 Å². The fraction of sp³-hybridized carbons (Fsp3) is 0.556. The van der Waals surface area contributed by atoms with Crippen LogP contribution in [-0.4, -0.2) is 6.10 Å². The predicted octanol–water partition coefficient (Wildman–Crippen LogP) is 5.30. The minimum atomic E-state index is 0.236. The Kier molecular flexibility index (Phi) is 4.34. The highest BCUT2D eigenvalue weighted by Gasteiger charge is 2.22. The van der Waals surface area contributed by atoms with Crippen molar-refractivity contribution in [2.75, 3.05) is 0 Å². The van der Waals surface area contributed by atoms with E-state index in [-0.39, 0.29) is 6.10 Å². The number of allylic oxidation sites excluding steroid dienone is 2. The lowest BCUT2D eigenvalue weighted by Gasteiger charge is -2.27. The zero-order chi connectivity index (χ0) is 14.0. The first-order valence-corrected chi connectivity index (χ1v) is 7.40. The molecule has 0 saturated heterocycles. The van der Waals surface area contributed by atoms with Gasteiger partial charge >= 0.3 is 0 Å². The van der Waals surface area contributed by atoms with Crippen LogP contribution in [0, 0.1) is 13.8 Å². The zero-order valence-corrected chi connectivity index (χ0v) is 12.9. The Morgan fingerprint density at radius 2 is 1.89 bits per heavy atom. The lowest BCUT2D eigenvalue weighted by molar-refractivity contribution is 0.237. The quantitative estimate of drug-likeness (QED) is 0.668. The first kappa shape index (κ1) is 14.2. The van der Waals surface area contributed by atoms with Crippen LogP contribution in [-0.2, 0) is 0 Å². The fourth-order valence-electron chi connectivity index (χ4n) is 3.17. The number of hydrogen-bond donors (Lipinski definition) is 0. The van der Waals surface area contributed by atoms with Crippen molar-refractivity contribution >= 4 is 0 Å². The van der Waals surface area contributed by atoms with Crippen molar-refractivity contribution in [2.24, 2.45) is 0 Å². The van der Waals surface area contributed by atoms with Gasteiger partial charge < -0.3 is 4.74 Å². The van der Waals surface area contributed by atoms with E-state index in [1.807, 2.05) is 0 Å². The van der Waals surface area contributed by atoms with Gasteiger partial charge in [0.1, 0.15) is 5.75 Å². The molecule has 1 aliphatic carbocycles. The molecule has 0 radical (unpaired) electrons. The molecule has 0 amide bonds. The second-order valence-electron chi connectivity index (χ2n) is 6.19. The van der Waals surface area contributed by atoms with Crippen LogP contribution in [0.5, 0.6) is 5.75 Å². The Morgan fingerprint density at radius 1 is 1.16 bits per heavy atom. The van der Waals surface area contributed by atoms with Gasteiger partial charge in [0.25, 0.3) is 0 Å². The van der Waals surface area contributed by atoms with Crippen molar-refractivity contribution in [3.63, 3.8) is 0 Å². The lowest BCUT2D eigenvalue weighted by atomic mass is 9.81. The molecule has 19 heavy (non-hydrogen) atoms. The van der Waals surface area contributed by atoms with Crippen LogP contribution in [0.1, 0.15) is 62.6 Å². The van der Waals surface area contributed by atoms with Crippen LogP contribution in [0.3, 0.4) is 0 Å². The summed E-state index contributed by atoms with van der Waals surface area (Å²) in [6.07, 6.45) is 6.24. The molecule has 1 atom stereocenters. The van der Waals surface area contributed by atoms with Gasteiger partial charge in [-0.15, -0.1) is 0 Å². The van der Waals surface area contributed by atoms with Crippen molar-refractivity contribution in [3.05, 3.63) is 40.5 Å². The summed E-state index contributed by atoms with van der Waals surface area (Å²) >= 11 is 0. The van der Waals surface area contributed by atoms with Crippen molar-refractivity contribution < 1.29 is 4.74 Å². The smallest absolute Gasteiger partial charge is 0.123 e. The summed E-state index contributed by atoms with van der Waals surface area (Å²) in [5.41, 5.74) is 5.63. The van der Waals surface area contributed by atoms with Gasteiger partial charge in [-0.1, -0.05) is 17.7 Å². The van der Waals surface area contributed by atoms with Crippen LogP contribution < -0.4 is 4.74 Å². The summed E-state index contributed by atoms with van der Waals surface area (Å²) in [6.45, 7) is 10.8. The SMILES string of the molecule is CC1=CCCC(c2c(C)cc(C)cc2OC(C)C)C1. The van der Waals surface area contributed by atoms with Gasteiger partial charge in [0.05, 0.1) is 6.10 Å². The molecule has 0 aromatic heterocycles. The first-order chi connectivity index (χ1) is 8.97. The Morgan fingerprint density at radius 3 is 2.53 bits per heavy atom. The molecule has 0 heterocycles. The van der Waals surface area contributed by atoms with Crippen molar-refractivity contribution in [1.82, 2.24) is 0 Å². The van der Waals surface area contributed by atoms with E-state index < -0.39 is 0 Å². The number of ether oxygens (including phenoxy) is 1. The van der Waals surface area contributed by atoms with Gasteiger partial charge in [0.15, 0.2) is 0 Å². The van der Waals surface area contributed by atoms with Crippen LogP contribution in [0.4, 0.5) is 0 Å². The van der Waals surface area contributed by atoms with E-state index in [4.69, 9.17) is 4.74 Å². The molecule has 1 aromatic carbocycles. The number of benzene rings is 1. The van der Waals surface area contributed by atoms with Crippen molar-refractivity contribution in [2.45, 2.75) is 65.9 Å². The molecule has 1 aromatic rings. The van der Waals surface area contributed by atoms with Crippen molar-refractivity contribution in [3.8, 4) is 5.75 Å². The Labute approximate surface area is 117 Å². The van der Waals surface area contributed by atoms with Crippen LogP contribution in [0.2, 0.25) is 0 Å². The molecule has 1 nitrogen and oxygen atoms in total. The van der Waals surface area contributed by atoms with Crippen LogP contribution in [0.25, 0.3) is 0 Å². The van der Waals surface area contributed by atoms with Crippen LogP contribution >= 0.6 is 0 Å². The molecule has 0 aliphatic heterocycles. The summed E-state index contributed by atoms with van der Waals surface area (Å²) in [7, 11) is 0. The summed E-state index contributed by atoms with van der Waals surface area (Å²) in [5, 5.41) is 0. The minimum Gasteiger partial charge on any atom is -0.491 e.